The van der Waals surface area contributed by atoms with Crippen LogP contribution in [-0.4, -0.2) is 28.7 Å². The summed E-state index contributed by atoms with van der Waals surface area (Å²) in [5.41, 5.74) is -2.07. The Bertz CT molecular complexity index is 246. The van der Waals surface area contributed by atoms with Crippen molar-refractivity contribution in [2.45, 2.75) is 38.7 Å². The standard InChI is InChI=1S/C11H19ClO3/c1-6-10(3,4)11(5,14)8(12)9(13)15-7-2/h6,8,14H,1,7H2,2-5H3. The summed E-state index contributed by atoms with van der Waals surface area (Å²) in [6, 6.07) is 0. The lowest BCUT2D eigenvalue weighted by Crippen LogP contribution is -2.51. The van der Waals surface area contributed by atoms with Crippen molar-refractivity contribution in [3.63, 3.8) is 0 Å². The van der Waals surface area contributed by atoms with Crippen molar-refractivity contribution in [2.24, 2.45) is 5.41 Å². The minimum atomic E-state index is -1.40. The first-order chi connectivity index (χ1) is 6.70. The SMILES string of the molecule is C=CC(C)(C)C(C)(O)C(Cl)C(=O)OCC. The van der Waals surface area contributed by atoms with Crippen LogP contribution in [0.2, 0.25) is 0 Å². The Morgan fingerprint density at radius 1 is 1.60 bits per heavy atom. The van der Waals surface area contributed by atoms with Crippen LogP contribution in [0, 0.1) is 5.41 Å². The van der Waals surface area contributed by atoms with Gasteiger partial charge < -0.3 is 9.84 Å². The van der Waals surface area contributed by atoms with Crippen molar-refractivity contribution in [1.82, 2.24) is 0 Å². The minimum absolute atomic E-state index is 0.243. The van der Waals surface area contributed by atoms with Crippen LogP contribution in [0.15, 0.2) is 12.7 Å². The topological polar surface area (TPSA) is 46.5 Å². The molecule has 88 valence electrons. The second-order valence-electron chi connectivity index (χ2n) is 4.19. The molecule has 0 amide bonds. The first-order valence-electron chi connectivity index (χ1n) is 4.87. The van der Waals surface area contributed by atoms with Gasteiger partial charge in [0.2, 0.25) is 0 Å². The van der Waals surface area contributed by atoms with E-state index < -0.39 is 22.4 Å². The summed E-state index contributed by atoms with van der Waals surface area (Å²) in [4.78, 5) is 11.4. The van der Waals surface area contributed by atoms with Gasteiger partial charge in [-0.25, -0.2) is 0 Å². The largest absolute Gasteiger partial charge is 0.465 e. The van der Waals surface area contributed by atoms with Gasteiger partial charge in [0.15, 0.2) is 5.38 Å². The van der Waals surface area contributed by atoms with Crippen molar-refractivity contribution in [3.8, 4) is 0 Å². The van der Waals surface area contributed by atoms with Gasteiger partial charge in [-0.1, -0.05) is 19.9 Å². The second kappa shape index (κ2) is 4.99. The number of carbonyl (C=O) groups is 1. The van der Waals surface area contributed by atoms with Gasteiger partial charge in [-0.3, -0.25) is 4.79 Å². The molecular formula is C11H19ClO3. The molecule has 0 fully saturated rings. The van der Waals surface area contributed by atoms with E-state index in [1.54, 1.807) is 26.8 Å². The molecule has 0 saturated carbocycles. The third-order valence-corrected chi connectivity index (χ3v) is 3.40. The zero-order chi connectivity index (χ0) is 12.3. The van der Waals surface area contributed by atoms with Gasteiger partial charge in [-0.15, -0.1) is 18.2 Å². The first kappa shape index (κ1) is 14.5. The first-order valence-corrected chi connectivity index (χ1v) is 5.31. The maximum absolute atomic E-state index is 11.4. The van der Waals surface area contributed by atoms with E-state index >= 15 is 0 Å². The van der Waals surface area contributed by atoms with Crippen molar-refractivity contribution >= 4 is 17.6 Å². The Morgan fingerprint density at radius 3 is 2.40 bits per heavy atom. The number of hydrogen-bond donors (Lipinski definition) is 1. The third kappa shape index (κ3) is 2.95. The van der Waals surface area contributed by atoms with Crippen LogP contribution < -0.4 is 0 Å². The molecular weight excluding hydrogens is 216 g/mol. The molecule has 0 aliphatic carbocycles. The number of aliphatic hydroxyl groups is 1. The normalized spacial score (nSPS) is 17.7. The summed E-state index contributed by atoms with van der Waals surface area (Å²) >= 11 is 5.89. The zero-order valence-corrected chi connectivity index (χ0v) is 10.5. The number of hydrogen-bond acceptors (Lipinski definition) is 3. The molecule has 2 unspecified atom stereocenters. The smallest absolute Gasteiger partial charge is 0.327 e. The molecule has 4 heteroatoms. The Kier molecular flexibility index (Phi) is 4.81. The molecule has 0 heterocycles. The van der Waals surface area contributed by atoms with E-state index in [4.69, 9.17) is 16.3 Å². The second-order valence-corrected chi connectivity index (χ2v) is 4.62. The summed E-state index contributed by atoms with van der Waals surface area (Å²) in [6.45, 7) is 10.6. The van der Waals surface area contributed by atoms with Gasteiger partial charge in [0.25, 0.3) is 0 Å². The number of alkyl halides is 1. The molecule has 0 saturated heterocycles. The molecule has 0 spiro atoms. The third-order valence-electron chi connectivity index (χ3n) is 2.80. The van der Waals surface area contributed by atoms with Crippen molar-refractivity contribution < 1.29 is 14.6 Å². The number of rotatable bonds is 5. The maximum Gasteiger partial charge on any atom is 0.327 e. The molecule has 3 nitrogen and oxygen atoms in total. The van der Waals surface area contributed by atoms with Crippen LogP contribution in [0.5, 0.6) is 0 Å². The molecule has 0 bridgehead atoms. The van der Waals surface area contributed by atoms with Crippen molar-refractivity contribution in [2.75, 3.05) is 6.61 Å². The number of carbonyl (C=O) groups excluding carboxylic acids is 1. The van der Waals surface area contributed by atoms with Crippen LogP contribution in [0.3, 0.4) is 0 Å². The molecule has 1 N–H and O–H groups in total. The quantitative estimate of drug-likeness (QED) is 0.450. The predicted octanol–water partition coefficient (Wildman–Crippen LogP) is 2.12. The highest BCUT2D eigenvalue weighted by molar-refractivity contribution is 6.30. The van der Waals surface area contributed by atoms with Crippen LogP contribution >= 0.6 is 11.6 Å². The summed E-state index contributed by atoms with van der Waals surface area (Å²) in [6.07, 6.45) is 1.57. The Labute approximate surface area is 96.1 Å². The highest BCUT2D eigenvalue weighted by Gasteiger charge is 2.47. The zero-order valence-electron chi connectivity index (χ0n) is 9.71. The van der Waals surface area contributed by atoms with Crippen LogP contribution in [0.4, 0.5) is 0 Å². The lowest BCUT2D eigenvalue weighted by Gasteiger charge is -2.39. The van der Waals surface area contributed by atoms with Gasteiger partial charge in [-0.2, -0.15) is 0 Å². The number of ether oxygens (including phenoxy) is 1. The van der Waals surface area contributed by atoms with Crippen LogP contribution in [0.1, 0.15) is 27.7 Å². The molecule has 0 aromatic rings. The number of esters is 1. The van der Waals surface area contributed by atoms with E-state index in [1.165, 1.54) is 6.92 Å². The van der Waals surface area contributed by atoms with Crippen molar-refractivity contribution in [1.29, 1.82) is 0 Å². The van der Waals surface area contributed by atoms with Gasteiger partial charge in [0.05, 0.1) is 12.2 Å². The van der Waals surface area contributed by atoms with Crippen LogP contribution in [0.25, 0.3) is 0 Å². The van der Waals surface area contributed by atoms with E-state index in [0.717, 1.165) is 0 Å². The molecule has 2 atom stereocenters. The molecule has 0 rings (SSSR count). The summed E-state index contributed by atoms with van der Waals surface area (Å²) in [7, 11) is 0. The lowest BCUT2D eigenvalue weighted by molar-refractivity contribution is -0.150. The predicted molar refractivity (Wildman–Crippen MR) is 60.9 cm³/mol. The molecule has 0 aliphatic rings. The average molecular weight is 235 g/mol. The van der Waals surface area contributed by atoms with Crippen molar-refractivity contribution in [3.05, 3.63) is 12.7 Å². The molecule has 0 aliphatic heterocycles. The average Bonchev–Trinajstić information content (AvgIpc) is 2.16. The fraction of sp³-hybridized carbons (Fsp3) is 0.727. The summed E-state index contributed by atoms with van der Waals surface area (Å²) in [5.74, 6) is -0.612. The van der Waals surface area contributed by atoms with E-state index in [0.29, 0.717) is 0 Å². The van der Waals surface area contributed by atoms with Gasteiger partial charge >= 0.3 is 5.97 Å². The summed E-state index contributed by atoms with van der Waals surface area (Å²) < 4.78 is 4.76. The Morgan fingerprint density at radius 2 is 2.07 bits per heavy atom. The van der Waals surface area contributed by atoms with Gasteiger partial charge in [0.1, 0.15) is 0 Å². The maximum atomic E-state index is 11.4. The highest BCUT2D eigenvalue weighted by atomic mass is 35.5. The van der Waals surface area contributed by atoms with Gasteiger partial charge in [-0.05, 0) is 13.8 Å². The summed E-state index contributed by atoms with van der Waals surface area (Å²) in [5, 5.41) is 9.10. The molecule has 0 radical (unpaired) electrons. The Hall–Kier alpha value is -0.540. The molecule has 15 heavy (non-hydrogen) atoms. The van der Waals surface area contributed by atoms with E-state index in [2.05, 4.69) is 6.58 Å². The Balaban J connectivity index is 4.87. The highest BCUT2D eigenvalue weighted by Crippen LogP contribution is 2.37. The van der Waals surface area contributed by atoms with E-state index in [-0.39, 0.29) is 6.61 Å². The van der Waals surface area contributed by atoms with Crippen LogP contribution in [-0.2, 0) is 9.53 Å². The van der Waals surface area contributed by atoms with E-state index in [1.807, 2.05) is 0 Å². The molecule has 0 aromatic carbocycles. The fourth-order valence-corrected chi connectivity index (χ4v) is 1.32. The van der Waals surface area contributed by atoms with Gasteiger partial charge in [0, 0.05) is 5.41 Å². The molecule has 0 aromatic heterocycles. The lowest BCUT2D eigenvalue weighted by atomic mass is 9.74. The van der Waals surface area contributed by atoms with E-state index in [9.17, 15) is 9.90 Å². The minimum Gasteiger partial charge on any atom is -0.465 e. The number of halogens is 1. The monoisotopic (exact) mass is 234 g/mol. The fourth-order valence-electron chi connectivity index (χ4n) is 0.978.